The van der Waals surface area contributed by atoms with Crippen molar-refractivity contribution >= 4 is 5.78 Å². The molecule has 0 N–H and O–H groups in total. The molecule has 2 rings (SSSR count). The third kappa shape index (κ3) is 3.26. The molecule has 0 spiro atoms. The van der Waals surface area contributed by atoms with Gasteiger partial charge in [-0.1, -0.05) is 0 Å². The van der Waals surface area contributed by atoms with E-state index in [9.17, 15) is 4.79 Å². The third-order valence-electron chi connectivity index (χ3n) is 2.83. The van der Waals surface area contributed by atoms with E-state index < -0.39 is 0 Å². The van der Waals surface area contributed by atoms with Crippen molar-refractivity contribution in [3.8, 4) is 0 Å². The molecule has 0 bridgehead atoms. The predicted molar refractivity (Wildman–Crippen MR) is 71.1 cm³/mol. The average Bonchev–Trinajstić information content (AvgIpc) is 2.86. The number of aryl methyl sites for hydroxylation is 2. The Kier molecular flexibility index (Phi) is 4.41. The zero-order chi connectivity index (χ0) is 13.7. The fourth-order valence-electron chi connectivity index (χ4n) is 1.90. The van der Waals surface area contributed by atoms with Gasteiger partial charge < -0.3 is 4.74 Å². The summed E-state index contributed by atoms with van der Waals surface area (Å²) in [6.45, 7) is 3.19. The van der Waals surface area contributed by atoms with E-state index in [4.69, 9.17) is 4.74 Å². The molecule has 0 atom stereocenters. The molecule has 0 unspecified atom stereocenters. The number of carbonyl (C=O) groups excluding carboxylic acids is 1. The molecule has 0 aromatic carbocycles. The fourth-order valence-corrected chi connectivity index (χ4v) is 1.90. The molecule has 2 aromatic heterocycles. The summed E-state index contributed by atoms with van der Waals surface area (Å²) < 4.78 is 6.73. The van der Waals surface area contributed by atoms with Gasteiger partial charge in [0.1, 0.15) is 5.69 Å². The van der Waals surface area contributed by atoms with Crippen LogP contribution in [0.2, 0.25) is 0 Å². The van der Waals surface area contributed by atoms with E-state index >= 15 is 0 Å². The summed E-state index contributed by atoms with van der Waals surface area (Å²) in [7, 11) is 1.66. The van der Waals surface area contributed by atoms with Crippen molar-refractivity contribution in [3.63, 3.8) is 0 Å². The van der Waals surface area contributed by atoms with Crippen molar-refractivity contribution in [1.29, 1.82) is 0 Å². The number of rotatable bonds is 6. The first-order valence-corrected chi connectivity index (χ1v) is 6.20. The lowest BCUT2D eigenvalue weighted by Gasteiger charge is -2.06. The lowest BCUT2D eigenvalue weighted by atomic mass is 10.1. The number of carbonyl (C=O) groups is 1. The molecule has 19 heavy (non-hydrogen) atoms. The van der Waals surface area contributed by atoms with Crippen LogP contribution in [0.15, 0.2) is 30.6 Å². The summed E-state index contributed by atoms with van der Waals surface area (Å²) in [4.78, 5) is 16.5. The second-order valence-electron chi connectivity index (χ2n) is 4.30. The summed E-state index contributed by atoms with van der Waals surface area (Å²) in [6, 6.07) is 5.25. The van der Waals surface area contributed by atoms with Gasteiger partial charge in [0.15, 0.2) is 0 Å². The van der Waals surface area contributed by atoms with Gasteiger partial charge in [0.2, 0.25) is 5.78 Å². The summed E-state index contributed by atoms with van der Waals surface area (Å²) in [5.74, 6) is -0.0274. The van der Waals surface area contributed by atoms with Crippen LogP contribution in [0.3, 0.4) is 0 Å². The van der Waals surface area contributed by atoms with Crippen LogP contribution >= 0.6 is 0 Å². The maximum atomic E-state index is 12.4. The highest BCUT2D eigenvalue weighted by Gasteiger charge is 2.14. The molecule has 0 aliphatic carbocycles. The maximum absolute atomic E-state index is 12.4. The second-order valence-corrected chi connectivity index (χ2v) is 4.30. The van der Waals surface area contributed by atoms with Crippen LogP contribution in [0.25, 0.3) is 0 Å². The smallest absolute Gasteiger partial charge is 0.211 e. The topological polar surface area (TPSA) is 57.0 Å². The normalized spacial score (nSPS) is 10.6. The summed E-state index contributed by atoms with van der Waals surface area (Å²) in [5, 5.41) is 4.18. The van der Waals surface area contributed by atoms with E-state index in [1.54, 1.807) is 42.4 Å². The minimum absolute atomic E-state index is 0.0274. The Morgan fingerprint density at radius 1 is 1.37 bits per heavy atom. The zero-order valence-corrected chi connectivity index (χ0v) is 11.2. The fraction of sp³-hybridized carbons (Fsp3) is 0.357. The Labute approximate surface area is 112 Å². The van der Waals surface area contributed by atoms with Crippen LogP contribution < -0.4 is 0 Å². The van der Waals surface area contributed by atoms with Gasteiger partial charge in [0.25, 0.3) is 0 Å². The molecule has 0 amide bonds. The molecule has 0 saturated carbocycles. The number of hydrogen-bond donors (Lipinski definition) is 0. The van der Waals surface area contributed by atoms with Crippen LogP contribution in [0.4, 0.5) is 0 Å². The molecule has 5 heteroatoms. The van der Waals surface area contributed by atoms with Crippen molar-refractivity contribution in [2.24, 2.45) is 0 Å². The third-order valence-corrected chi connectivity index (χ3v) is 2.83. The van der Waals surface area contributed by atoms with Gasteiger partial charge in [-0.2, -0.15) is 5.10 Å². The average molecular weight is 259 g/mol. The number of ether oxygens (including phenoxy) is 1. The first-order valence-electron chi connectivity index (χ1n) is 6.20. The number of ketones is 1. The molecular formula is C14H17N3O2. The van der Waals surface area contributed by atoms with E-state index in [1.807, 2.05) is 6.92 Å². The van der Waals surface area contributed by atoms with Crippen molar-refractivity contribution in [2.75, 3.05) is 13.7 Å². The van der Waals surface area contributed by atoms with Gasteiger partial charge in [0.05, 0.1) is 0 Å². The molecule has 0 radical (unpaired) electrons. The monoisotopic (exact) mass is 259 g/mol. The van der Waals surface area contributed by atoms with Crippen LogP contribution in [-0.4, -0.2) is 34.3 Å². The van der Waals surface area contributed by atoms with Crippen LogP contribution in [-0.2, 0) is 11.3 Å². The van der Waals surface area contributed by atoms with E-state index in [1.165, 1.54) is 0 Å². The van der Waals surface area contributed by atoms with Gasteiger partial charge in [-0.3, -0.25) is 14.5 Å². The van der Waals surface area contributed by atoms with Crippen molar-refractivity contribution in [1.82, 2.24) is 14.8 Å². The van der Waals surface area contributed by atoms with Gasteiger partial charge >= 0.3 is 0 Å². The second kappa shape index (κ2) is 6.24. The Hall–Kier alpha value is -2.01. The van der Waals surface area contributed by atoms with Gasteiger partial charge in [0, 0.05) is 43.9 Å². The standard InChI is InChI=1S/C14H17N3O2/c1-11-10-12(4-6-15-11)14(18)13-5-7-16-17(13)8-3-9-19-2/h4-7,10H,3,8-9H2,1-2H3. The summed E-state index contributed by atoms with van der Waals surface area (Å²) in [6.07, 6.45) is 4.12. The molecule has 2 aromatic rings. The van der Waals surface area contributed by atoms with Crippen LogP contribution in [0.1, 0.15) is 28.2 Å². The Balaban J connectivity index is 2.17. The number of pyridine rings is 1. The number of hydrogen-bond acceptors (Lipinski definition) is 4. The van der Waals surface area contributed by atoms with Crippen molar-refractivity contribution < 1.29 is 9.53 Å². The minimum Gasteiger partial charge on any atom is -0.385 e. The lowest BCUT2D eigenvalue weighted by Crippen LogP contribution is -2.13. The Morgan fingerprint density at radius 3 is 2.95 bits per heavy atom. The number of nitrogens with zero attached hydrogens (tertiary/aromatic N) is 3. The van der Waals surface area contributed by atoms with Gasteiger partial charge in [-0.25, -0.2) is 0 Å². The van der Waals surface area contributed by atoms with E-state index in [2.05, 4.69) is 10.1 Å². The minimum atomic E-state index is -0.0274. The summed E-state index contributed by atoms with van der Waals surface area (Å²) >= 11 is 0. The first-order chi connectivity index (χ1) is 9.22. The predicted octanol–water partition coefficient (Wildman–Crippen LogP) is 1.85. The van der Waals surface area contributed by atoms with Crippen LogP contribution in [0.5, 0.6) is 0 Å². The highest BCUT2D eigenvalue weighted by Crippen LogP contribution is 2.10. The van der Waals surface area contributed by atoms with Crippen molar-refractivity contribution in [2.45, 2.75) is 19.9 Å². The molecule has 0 fully saturated rings. The molecule has 0 aliphatic heterocycles. The molecule has 0 saturated heterocycles. The molecular weight excluding hydrogens is 242 g/mol. The van der Waals surface area contributed by atoms with Crippen molar-refractivity contribution in [3.05, 3.63) is 47.5 Å². The molecule has 5 nitrogen and oxygen atoms in total. The Morgan fingerprint density at radius 2 is 2.21 bits per heavy atom. The largest absolute Gasteiger partial charge is 0.385 e. The zero-order valence-electron chi connectivity index (χ0n) is 11.2. The van der Waals surface area contributed by atoms with Crippen LogP contribution in [0, 0.1) is 6.92 Å². The van der Waals surface area contributed by atoms with E-state index in [0.29, 0.717) is 24.4 Å². The number of aromatic nitrogens is 3. The quantitative estimate of drug-likeness (QED) is 0.587. The molecule has 2 heterocycles. The maximum Gasteiger partial charge on any atom is 0.211 e. The lowest BCUT2D eigenvalue weighted by molar-refractivity contribution is 0.102. The van der Waals surface area contributed by atoms with E-state index in [-0.39, 0.29) is 5.78 Å². The highest BCUT2D eigenvalue weighted by molar-refractivity contribution is 6.07. The molecule has 0 aliphatic rings. The Bertz CT molecular complexity index is 563. The summed E-state index contributed by atoms with van der Waals surface area (Å²) in [5.41, 5.74) is 2.07. The first kappa shape index (κ1) is 13.4. The number of methoxy groups -OCH3 is 1. The SMILES string of the molecule is COCCCn1nccc1C(=O)c1ccnc(C)c1. The molecule has 100 valence electrons. The van der Waals surface area contributed by atoms with E-state index in [0.717, 1.165) is 12.1 Å². The van der Waals surface area contributed by atoms with Gasteiger partial charge in [-0.05, 0) is 31.5 Å². The highest BCUT2D eigenvalue weighted by atomic mass is 16.5. The van der Waals surface area contributed by atoms with Gasteiger partial charge in [-0.15, -0.1) is 0 Å².